The van der Waals surface area contributed by atoms with Gasteiger partial charge in [-0.3, -0.25) is 4.79 Å². The van der Waals surface area contributed by atoms with Crippen LogP contribution in [-0.4, -0.2) is 52.1 Å². The van der Waals surface area contributed by atoms with Gasteiger partial charge in [-0.2, -0.15) is 0 Å². The fourth-order valence-electron chi connectivity index (χ4n) is 3.24. The monoisotopic (exact) mass is 284 g/mol. The first kappa shape index (κ1) is 16.8. The second-order valence-electron chi connectivity index (χ2n) is 6.08. The quantitative estimate of drug-likeness (QED) is 0.844. The summed E-state index contributed by atoms with van der Waals surface area (Å²) >= 11 is 0. The average Bonchev–Trinajstić information content (AvgIpc) is 2.38. The number of carbonyl (C=O) groups excluding carboxylic acids is 1. The van der Waals surface area contributed by atoms with Crippen LogP contribution in [0.1, 0.15) is 59.3 Å². The van der Waals surface area contributed by atoms with Gasteiger partial charge in [0.05, 0.1) is 12.0 Å². The van der Waals surface area contributed by atoms with E-state index in [-0.39, 0.29) is 18.5 Å². The summed E-state index contributed by atoms with van der Waals surface area (Å²) in [5.41, 5.74) is -0.510. The molecule has 1 saturated carbocycles. The molecule has 0 spiro atoms. The number of hydrogen-bond donors (Lipinski definition) is 1. The second-order valence-corrected chi connectivity index (χ2v) is 6.08. The minimum atomic E-state index is -0.820. The summed E-state index contributed by atoms with van der Waals surface area (Å²) in [6.45, 7) is 6.57. The second kappa shape index (κ2) is 6.95. The molecule has 0 heterocycles. The fraction of sp³-hybridized carbons (Fsp3) is 0.867. The molecule has 0 radical (unpaired) electrons. The minimum absolute atomic E-state index is 0.0465. The molecule has 0 unspecified atom stereocenters. The molecule has 1 aliphatic rings. The number of aliphatic carboxylic acids is 1. The molecule has 1 rings (SSSR count). The predicted molar refractivity (Wildman–Crippen MR) is 78.7 cm³/mol. The molecule has 1 aliphatic carbocycles. The van der Waals surface area contributed by atoms with E-state index in [1.54, 1.807) is 16.8 Å². The molecule has 5 nitrogen and oxygen atoms in total. The van der Waals surface area contributed by atoms with Gasteiger partial charge in [0, 0.05) is 19.6 Å². The first-order valence-corrected chi connectivity index (χ1v) is 7.60. The Morgan fingerprint density at radius 2 is 1.75 bits per heavy atom. The molecule has 0 aromatic heterocycles. The lowest BCUT2D eigenvalue weighted by Gasteiger charge is -2.46. The predicted octanol–water partition coefficient (Wildman–Crippen LogP) is 2.95. The van der Waals surface area contributed by atoms with E-state index in [2.05, 4.69) is 0 Å². The molecule has 0 atom stereocenters. The van der Waals surface area contributed by atoms with Crippen molar-refractivity contribution in [2.45, 2.75) is 70.9 Å². The summed E-state index contributed by atoms with van der Waals surface area (Å²) in [6.07, 6.45) is 4.75. The molecule has 0 aromatic carbocycles. The van der Waals surface area contributed by atoms with E-state index in [0.29, 0.717) is 6.54 Å². The molecular weight excluding hydrogens is 256 g/mol. The Bertz CT molecular complexity index is 349. The standard InChI is InChI=1S/C15H28N2O3/c1-5-17(12(2)3)14(20)16(4)15(11-13(18)19)9-7-6-8-10-15/h12H,5-11H2,1-4H3,(H,18,19). The molecule has 2 amide bonds. The summed E-state index contributed by atoms with van der Waals surface area (Å²) in [5.74, 6) is -0.820. The zero-order valence-corrected chi connectivity index (χ0v) is 13.2. The summed E-state index contributed by atoms with van der Waals surface area (Å²) in [6, 6.07) is 0.0751. The van der Waals surface area contributed by atoms with Crippen LogP contribution in [0.15, 0.2) is 0 Å². The Hall–Kier alpha value is -1.26. The normalized spacial score (nSPS) is 17.9. The molecule has 0 aromatic rings. The number of carboxylic acids is 1. The number of carboxylic acid groups (broad SMARTS) is 1. The molecule has 5 heteroatoms. The third kappa shape index (κ3) is 3.64. The smallest absolute Gasteiger partial charge is 0.320 e. The maximum atomic E-state index is 12.7. The molecule has 20 heavy (non-hydrogen) atoms. The van der Waals surface area contributed by atoms with Gasteiger partial charge < -0.3 is 14.9 Å². The van der Waals surface area contributed by atoms with Crippen molar-refractivity contribution in [3.63, 3.8) is 0 Å². The third-order valence-corrected chi connectivity index (χ3v) is 4.47. The number of amides is 2. The number of hydrogen-bond acceptors (Lipinski definition) is 2. The van der Waals surface area contributed by atoms with E-state index in [0.717, 1.165) is 32.1 Å². The lowest BCUT2D eigenvalue weighted by atomic mass is 9.78. The molecular formula is C15H28N2O3. The highest BCUT2D eigenvalue weighted by molar-refractivity contribution is 5.77. The van der Waals surface area contributed by atoms with E-state index in [9.17, 15) is 14.7 Å². The van der Waals surface area contributed by atoms with Crippen molar-refractivity contribution < 1.29 is 14.7 Å². The van der Waals surface area contributed by atoms with E-state index >= 15 is 0 Å². The first-order chi connectivity index (χ1) is 9.34. The summed E-state index contributed by atoms with van der Waals surface area (Å²) in [5, 5.41) is 9.22. The molecule has 0 aliphatic heterocycles. The van der Waals surface area contributed by atoms with Gasteiger partial charge in [0.1, 0.15) is 0 Å². The SMILES string of the molecule is CCN(C(=O)N(C)C1(CC(=O)O)CCCCC1)C(C)C. The van der Waals surface area contributed by atoms with Gasteiger partial charge in [0.15, 0.2) is 0 Å². The Kier molecular flexibility index (Phi) is 5.84. The van der Waals surface area contributed by atoms with Crippen LogP contribution in [0.25, 0.3) is 0 Å². The van der Waals surface area contributed by atoms with Gasteiger partial charge in [0.2, 0.25) is 0 Å². The first-order valence-electron chi connectivity index (χ1n) is 7.60. The van der Waals surface area contributed by atoms with Crippen LogP contribution >= 0.6 is 0 Å². The third-order valence-electron chi connectivity index (χ3n) is 4.47. The van der Waals surface area contributed by atoms with Crippen molar-refractivity contribution in [3.8, 4) is 0 Å². The topological polar surface area (TPSA) is 60.9 Å². The Labute approximate surface area is 121 Å². The van der Waals surface area contributed by atoms with Gasteiger partial charge in [-0.25, -0.2) is 4.79 Å². The lowest BCUT2D eigenvalue weighted by Crippen LogP contribution is -2.57. The highest BCUT2D eigenvalue weighted by atomic mass is 16.4. The van der Waals surface area contributed by atoms with E-state index < -0.39 is 11.5 Å². The van der Waals surface area contributed by atoms with Crippen molar-refractivity contribution in [1.29, 1.82) is 0 Å². The maximum absolute atomic E-state index is 12.7. The van der Waals surface area contributed by atoms with Gasteiger partial charge in [0.25, 0.3) is 0 Å². The van der Waals surface area contributed by atoms with Gasteiger partial charge in [-0.1, -0.05) is 19.3 Å². The number of urea groups is 1. The lowest BCUT2D eigenvalue weighted by molar-refractivity contribution is -0.140. The van der Waals surface area contributed by atoms with Gasteiger partial charge >= 0.3 is 12.0 Å². The zero-order chi connectivity index (χ0) is 15.3. The number of rotatable bonds is 5. The largest absolute Gasteiger partial charge is 0.481 e. The van der Waals surface area contributed by atoms with E-state index in [4.69, 9.17) is 0 Å². The summed E-state index contributed by atoms with van der Waals surface area (Å²) < 4.78 is 0. The van der Waals surface area contributed by atoms with Crippen molar-refractivity contribution in [1.82, 2.24) is 9.80 Å². The van der Waals surface area contributed by atoms with E-state index in [1.807, 2.05) is 20.8 Å². The highest BCUT2D eigenvalue weighted by Crippen LogP contribution is 2.36. The van der Waals surface area contributed by atoms with Crippen LogP contribution in [-0.2, 0) is 4.79 Å². The van der Waals surface area contributed by atoms with Crippen LogP contribution in [0, 0.1) is 0 Å². The van der Waals surface area contributed by atoms with Crippen molar-refractivity contribution >= 4 is 12.0 Å². The molecule has 1 fully saturated rings. The summed E-state index contributed by atoms with van der Waals surface area (Å²) in [4.78, 5) is 27.4. The number of nitrogens with zero attached hydrogens (tertiary/aromatic N) is 2. The van der Waals surface area contributed by atoms with Gasteiger partial charge in [-0.05, 0) is 33.6 Å². The van der Waals surface area contributed by atoms with Crippen molar-refractivity contribution in [3.05, 3.63) is 0 Å². The highest BCUT2D eigenvalue weighted by Gasteiger charge is 2.41. The molecule has 0 saturated heterocycles. The molecule has 116 valence electrons. The minimum Gasteiger partial charge on any atom is -0.481 e. The van der Waals surface area contributed by atoms with Crippen LogP contribution in [0.3, 0.4) is 0 Å². The van der Waals surface area contributed by atoms with Gasteiger partial charge in [-0.15, -0.1) is 0 Å². The fourth-order valence-corrected chi connectivity index (χ4v) is 3.24. The van der Waals surface area contributed by atoms with Crippen LogP contribution in [0.5, 0.6) is 0 Å². The Morgan fingerprint density at radius 1 is 1.20 bits per heavy atom. The van der Waals surface area contributed by atoms with Crippen LogP contribution < -0.4 is 0 Å². The van der Waals surface area contributed by atoms with Crippen LogP contribution in [0.2, 0.25) is 0 Å². The Balaban J connectivity index is 2.94. The van der Waals surface area contributed by atoms with Crippen molar-refractivity contribution in [2.75, 3.05) is 13.6 Å². The average molecular weight is 284 g/mol. The zero-order valence-electron chi connectivity index (χ0n) is 13.2. The summed E-state index contributed by atoms with van der Waals surface area (Å²) in [7, 11) is 1.77. The van der Waals surface area contributed by atoms with E-state index in [1.165, 1.54) is 0 Å². The van der Waals surface area contributed by atoms with Crippen molar-refractivity contribution in [2.24, 2.45) is 0 Å². The molecule has 1 N–H and O–H groups in total. The maximum Gasteiger partial charge on any atom is 0.320 e. The molecule has 0 bridgehead atoms. The Morgan fingerprint density at radius 3 is 2.15 bits per heavy atom. The van der Waals surface area contributed by atoms with Crippen LogP contribution in [0.4, 0.5) is 4.79 Å². The number of carbonyl (C=O) groups is 2.